The van der Waals surface area contributed by atoms with Crippen LogP contribution in [-0.4, -0.2) is 66.8 Å². The molecule has 4 rings (SSSR count). The minimum absolute atomic E-state index is 0.0398. The fourth-order valence-electron chi connectivity index (χ4n) is 4.55. The summed E-state index contributed by atoms with van der Waals surface area (Å²) >= 11 is 0. The van der Waals surface area contributed by atoms with E-state index in [1.807, 2.05) is 36.1 Å². The van der Waals surface area contributed by atoms with E-state index in [0.717, 1.165) is 25.2 Å². The van der Waals surface area contributed by atoms with Gasteiger partial charge < -0.3 is 15.0 Å². The molecule has 31 heavy (non-hydrogen) atoms. The normalized spacial score (nSPS) is 24.8. The molecular formula is C24H32N4O3. The second-order valence-corrected chi connectivity index (χ2v) is 8.63. The van der Waals surface area contributed by atoms with Crippen molar-refractivity contribution in [3.05, 3.63) is 52.7 Å². The van der Waals surface area contributed by atoms with Crippen LogP contribution in [0.3, 0.4) is 0 Å². The van der Waals surface area contributed by atoms with Crippen molar-refractivity contribution in [1.82, 2.24) is 15.1 Å². The SMILES string of the molecule is CC[C@@H]1COC(=O)N1c1ccc(C(=O)N2CCN(C3NC(C)=C(C)C=C3C)CC2)cc1. The summed E-state index contributed by atoms with van der Waals surface area (Å²) in [6, 6.07) is 7.37. The second-order valence-electron chi connectivity index (χ2n) is 8.63. The molecule has 3 aliphatic rings. The molecule has 0 spiro atoms. The van der Waals surface area contributed by atoms with E-state index in [-0.39, 0.29) is 24.2 Å². The average molecular weight is 425 g/mol. The van der Waals surface area contributed by atoms with Crippen molar-refractivity contribution in [3.63, 3.8) is 0 Å². The fraction of sp³-hybridized carbons (Fsp3) is 0.500. The fourth-order valence-corrected chi connectivity index (χ4v) is 4.55. The Bertz CT molecular complexity index is 913. The van der Waals surface area contributed by atoms with Gasteiger partial charge in [0.05, 0.1) is 6.04 Å². The molecule has 2 saturated heterocycles. The summed E-state index contributed by atoms with van der Waals surface area (Å²) in [7, 11) is 0. The Kier molecular flexibility index (Phi) is 6.05. The maximum Gasteiger partial charge on any atom is 0.414 e. The third-order valence-corrected chi connectivity index (χ3v) is 6.61. The van der Waals surface area contributed by atoms with Gasteiger partial charge in [0.25, 0.3) is 5.91 Å². The zero-order valence-electron chi connectivity index (χ0n) is 18.9. The molecule has 2 atom stereocenters. The third kappa shape index (κ3) is 4.19. The minimum atomic E-state index is -0.317. The summed E-state index contributed by atoms with van der Waals surface area (Å²) in [6.45, 7) is 11.9. The van der Waals surface area contributed by atoms with Crippen molar-refractivity contribution >= 4 is 17.7 Å². The number of allylic oxidation sites excluding steroid dienone is 3. The molecular weight excluding hydrogens is 392 g/mol. The van der Waals surface area contributed by atoms with E-state index in [1.165, 1.54) is 16.8 Å². The van der Waals surface area contributed by atoms with E-state index in [2.05, 4.69) is 37.1 Å². The minimum Gasteiger partial charge on any atom is -0.447 e. The van der Waals surface area contributed by atoms with Gasteiger partial charge in [0.1, 0.15) is 12.8 Å². The van der Waals surface area contributed by atoms with Crippen molar-refractivity contribution in [2.24, 2.45) is 0 Å². The van der Waals surface area contributed by atoms with Crippen molar-refractivity contribution in [3.8, 4) is 0 Å². The Morgan fingerprint density at radius 3 is 2.42 bits per heavy atom. The highest BCUT2D eigenvalue weighted by Gasteiger charge is 2.33. The lowest BCUT2D eigenvalue weighted by Crippen LogP contribution is -2.56. The number of amides is 2. The first-order chi connectivity index (χ1) is 14.9. The Morgan fingerprint density at radius 2 is 1.77 bits per heavy atom. The zero-order chi connectivity index (χ0) is 22.1. The predicted molar refractivity (Wildman–Crippen MR) is 121 cm³/mol. The first-order valence-corrected chi connectivity index (χ1v) is 11.1. The van der Waals surface area contributed by atoms with Crippen LogP contribution >= 0.6 is 0 Å². The number of cyclic esters (lactones) is 1. The van der Waals surface area contributed by atoms with Gasteiger partial charge in [-0.15, -0.1) is 0 Å². The summed E-state index contributed by atoms with van der Waals surface area (Å²) in [5, 5.41) is 3.60. The summed E-state index contributed by atoms with van der Waals surface area (Å²) in [4.78, 5) is 31.1. The molecule has 1 aromatic rings. The largest absolute Gasteiger partial charge is 0.447 e. The Hall–Kier alpha value is -2.80. The third-order valence-electron chi connectivity index (χ3n) is 6.61. The van der Waals surface area contributed by atoms with Gasteiger partial charge in [-0.05, 0) is 62.6 Å². The molecule has 1 aromatic carbocycles. The van der Waals surface area contributed by atoms with Gasteiger partial charge in [-0.3, -0.25) is 14.6 Å². The Morgan fingerprint density at radius 1 is 1.10 bits per heavy atom. The number of nitrogens with zero attached hydrogens (tertiary/aromatic N) is 3. The quantitative estimate of drug-likeness (QED) is 0.803. The van der Waals surface area contributed by atoms with Crippen molar-refractivity contribution in [2.45, 2.75) is 46.3 Å². The number of rotatable bonds is 4. The van der Waals surface area contributed by atoms with Gasteiger partial charge in [-0.1, -0.05) is 13.0 Å². The van der Waals surface area contributed by atoms with Gasteiger partial charge in [-0.2, -0.15) is 0 Å². The monoisotopic (exact) mass is 424 g/mol. The van der Waals surface area contributed by atoms with Crippen molar-refractivity contribution < 1.29 is 14.3 Å². The maximum absolute atomic E-state index is 13.0. The Balaban J connectivity index is 1.37. The highest BCUT2D eigenvalue weighted by molar-refractivity contribution is 5.96. The molecule has 2 fully saturated rings. The highest BCUT2D eigenvalue weighted by Crippen LogP contribution is 2.26. The molecule has 7 heteroatoms. The van der Waals surface area contributed by atoms with Crippen LogP contribution in [-0.2, 0) is 4.74 Å². The molecule has 2 amide bonds. The van der Waals surface area contributed by atoms with Crippen molar-refractivity contribution in [2.75, 3.05) is 37.7 Å². The van der Waals surface area contributed by atoms with Crippen molar-refractivity contribution in [1.29, 1.82) is 0 Å². The highest BCUT2D eigenvalue weighted by atomic mass is 16.6. The Labute approximate surface area is 184 Å². The lowest BCUT2D eigenvalue weighted by Gasteiger charge is -2.41. The first-order valence-electron chi connectivity index (χ1n) is 11.1. The molecule has 0 aromatic heterocycles. The molecule has 0 saturated carbocycles. The zero-order valence-corrected chi connectivity index (χ0v) is 18.9. The standard InChI is InChI=1S/C24H32N4O3/c1-5-20-15-31-24(30)28(20)21-8-6-19(7-9-21)23(29)27-12-10-26(11-13-27)22-17(3)14-16(2)18(4)25-22/h6-9,14,20,22,25H,5,10-13,15H2,1-4H3/t20-,22?/m1/s1. The number of nitrogens with one attached hydrogen (secondary N) is 1. The van der Waals surface area contributed by atoms with Crippen LogP contribution in [0.5, 0.6) is 0 Å². The van der Waals surface area contributed by atoms with Crippen LogP contribution in [0, 0.1) is 0 Å². The molecule has 0 radical (unpaired) electrons. The maximum atomic E-state index is 13.0. The number of hydrogen-bond donors (Lipinski definition) is 1. The number of dihydropyridines is 1. The summed E-state index contributed by atoms with van der Waals surface area (Å²) in [5.41, 5.74) is 5.23. The number of carbonyl (C=O) groups excluding carboxylic acids is 2. The number of benzene rings is 1. The van der Waals surface area contributed by atoms with Crippen LogP contribution in [0.4, 0.5) is 10.5 Å². The van der Waals surface area contributed by atoms with Crippen LogP contribution in [0.25, 0.3) is 0 Å². The second kappa shape index (κ2) is 8.75. The van der Waals surface area contributed by atoms with E-state index in [0.29, 0.717) is 25.3 Å². The van der Waals surface area contributed by atoms with Gasteiger partial charge in [0.15, 0.2) is 0 Å². The lowest BCUT2D eigenvalue weighted by atomic mass is 10.0. The molecule has 0 bridgehead atoms. The van der Waals surface area contributed by atoms with Gasteiger partial charge in [0, 0.05) is 43.1 Å². The molecule has 7 nitrogen and oxygen atoms in total. The van der Waals surface area contributed by atoms with Gasteiger partial charge >= 0.3 is 6.09 Å². The van der Waals surface area contributed by atoms with Crippen LogP contribution in [0.15, 0.2) is 47.2 Å². The molecule has 3 heterocycles. The number of carbonyl (C=O) groups is 2. The molecule has 166 valence electrons. The van der Waals surface area contributed by atoms with Gasteiger partial charge in [0.2, 0.25) is 0 Å². The summed E-state index contributed by atoms with van der Waals surface area (Å²) < 4.78 is 5.17. The topological polar surface area (TPSA) is 65.1 Å². The summed E-state index contributed by atoms with van der Waals surface area (Å²) in [5.74, 6) is 0.0398. The molecule has 3 aliphatic heterocycles. The van der Waals surface area contributed by atoms with E-state index in [4.69, 9.17) is 4.74 Å². The number of anilines is 1. The molecule has 1 unspecified atom stereocenters. The smallest absolute Gasteiger partial charge is 0.414 e. The van der Waals surface area contributed by atoms with E-state index in [1.54, 1.807) is 4.90 Å². The van der Waals surface area contributed by atoms with Crippen LogP contribution < -0.4 is 10.2 Å². The molecule has 0 aliphatic carbocycles. The van der Waals surface area contributed by atoms with Gasteiger partial charge in [-0.25, -0.2) is 4.79 Å². The van der Waals surface area contributed by atoms with Crippen LogP contribution in [0.2, 0.25) is 0 Å². The summed E-state index contributed by atoms with van der Waals surface area (Å²) in [6.07, 6.45) is 2.96. The number of piperazine rings is 1. The van der Waals surface area contributed by atoms with Crippen LogP contribution in [0.1, 0.15) is 44.5 Å². The molecule has 1 N–H and O–H groups in total. The first kappa shape index (κ1) is 21.4. The number of hydrogen-bond acceptors (Lipinski definition) is 5. The van der Waals surface area contributed by atoms with E-state index < -0.39 is 0 Å². The average Bonchev–Trinajstić information content (AvgIpc) is 3.16. The predicted octanol–water partition coefficient (Wildman–Crippen LogP) is 3.35. The number of ether oxygens (including phenoxy) is 1. The van der Waals surface area contributed by atoms with E-state index >= 15 is 0 Å². The van der Waals surface area contributed by atoms with E-state index in [9.17, 15) is 9.59 Å². The lowest BCUT2D eigenvalue weighted by molar-refractivity contribution is 0.0575.